The van der Waals surface area contributed by atoms with Gasteiger partial charge in [0.05, 0.1) is 11.8 Å². The minimum absolute atomic E-state index is 0.00889. The molecule has 1 aliphatic carbocycles. The fourth-order valence-electron chi connectivity index (χ4n) is 2.18. The van der Waals surface area contributed by atoms with Crippen LogP contribution in [0.3, 0.4) is 0 Å². The van der Waals surface area contributed by atoms with Crippen molar-refractivity contribution in [3.63, 3.8) is 0 Å². The molecule has 1 fully saturated rings. The second-order valence-corrected chi connectivity index (χ2v) is 4.62. The number of pyridine rings is 1. The van der Waals surface area contributed by atoms with E-state index in [1.165, 1.54) is 0 Å². The lowest BCUT2D eigenvalue weighted by Gasteiger charge is -2.32. The second kappa shape index (κ2) is 4.96. The summed E-state index contributed by atoms with van der Waals surface area (Å²) in [6, 6.07) is 0.778. The number of halogens is 2. The van der Waals surface area contributed by atoms with Crippen LogP contribution >= 0.6 is 0 Å². The fourth-order valence-corrected chi connectivity index (χ4v) is 2.18. The van der Waals surface area contributed by atoms with Crippen molar-refractivity contribution in [1.29, 1.82) is 0 Å². The molecule has 0 saturated heterocycles. The quantitative estimate of drug-likeness (QED) is 0.855. The van der Waals surface area contributed by atoms with Crippen LogP contribution in [-0.2, 0) is 0 Å². The van der Waals surface area contributed by atoms with Crippen molar-refractivity contribution in [1.82, 2.24) is 4.98 Å². The summed E-state index contributed by atoms with van der Waals surface area (Å²) in [6.45, 7) is 0.253. The third kappa shape index (κ3) is 3.12. The van der Waals surface area contributed by atoms with Crippen molar-refractivity contribution in [2.45, 2.75) is 37.7 Å². The predicted octanol–water partition coefficient (Wildman–Crippen LogP) is 2.47. The molecule has 94 valence electrons. The summed E-state index contributed by atoms with van der Waals surface area (Å²) in [7, 11) is 0. The normalized spacial score (nSPS) is 19.0. The van der Waals surface area contributed by atoms with Gasteiger partial charge in [0.1, 0.15) is 5.82 Å². The van der Waals surface area contributed by atoms with Crippen molar-refractivity contribution in [2.24, 2.45) is 0 Å². The third-order valence-corrected chi connectivity index (χ3v) is 3.18. The van der Waals surface area contributed by atoms with E-state index in [0.717, 1.165) is 31.5 Å². The molecule has 1 aromatic rings. The number of nitrogens with zero attached hydrogens (tertiary/aromatic N) is 1. The summed E-state index contributed by atoms with van der Waals surface area (Å²) in [6.07, 6.45) is 5.47. The number of rotatable bonds is 3. The molecule has 0 amide bonds. The van der Waals surface area contributed by atoms with Gasteiger partial charge >= 0.3 is 0 Å². The van der Waals surface area contributed by atoms with Crippen LogP contribution in [0.5, 0.6) is 0 Å². The number of anilines is 1. The van der Waals surface area contributed by atoms with Crippen LogP contribution in [0.25, 0.3) is 0 Å². The Kier molecular flexibility index (Phi) is 3.57. The molecule has 1 heterocycles. The molecule has 2 N–H and O–H groups in total. The van der Waals surface area contributed by atoms with Gasteiger partial charge in [-0.25, -0.2) is 13.8 Å². The number of hydrogen-bond donors (Lipinski definition) is 2. The fraction of sp³-hybridized carbons (Fsp3) is 0.583. The summed E-state index contributed by atoms with van der Waals surface area (Å²) in [4.78, 5) is 3.62. The van der Waals surface area contributed by atoms with E-state index in [4.69, 9.17) is 0 Å². The van der Waals surface area contributed by atoms with Crippen LogP contribution in [0.1, 0.15) is 32.1 Å². The molecule has 0 unspecified atom stereocenters. The maximum absolute atomic E-state index is 13.3. The predicted molar refractivity (Wildman–Crippen MR) is 60.7 cm³/mol. The highest BCUT2D eigenvalue weighted by molar-refractivity contribution is 5.36. The third-order valence-electron chi connectivity index (χ3n) is 3.18. The zero-order chi connectivity index (χ0) is 12.3. The van der Waals surface area contributed by atoms with Crippen LogP contribution in [0.4, 0.5) is 14.6 Å². The van der Waals surface area contributed by atoms with E-state index >= 15 is 0 Å². The van der Waals surface area contributed by atoms with Gasteiger partial charge in [-0.1, -0.05) is 19.3 Å². The van der Waals surface area contributed by atoms with Crippen LogP contribution in [-0.4, -0.2) is 22.2 Å². The molecular formula is C12H16F2N2O. The largest absolute Gasteiger partial charge is 0.388 e. The van der Waals surface area contributed by atoms with Gasteiger partial charge in [-0.15, -0.1) is 0 Å². The standard InChI is InChI=1S/C12H16F2N2O/c13-9-6-10(14)11(15-7-9)16-8-12(17)4-2-1-3-5-12/h6-7,17H,1-5,8H2,(H,15,16). The Bertz CT molecular complexity index is 392. The first-order valence-electron chi connectivity index (χ1n) is 5.86. The Labute approximate surface area is 98.9 Å². The van der Waals surface area contributed by atoms with E-state index in [9.17, 15) is 13.9 Å². The highest BCUT2D eigenvalue weighted by Crippen LogP contribution is 2.28. The Morgan fingerprint density at radius 2 is 2.00 bits per heavy atom. The Hall–Kier alpha value is -1.23. The summed E-state index contributed by atoms with van der Waals surface area (Å²) in [5.41, 5.74) is -0.791. The van der Waals surface area contributed by atoms with Gasteiger partial charge in [0, 0.05) is 12.6 Å². The highest BCUT2D eigenvalue weighted by atomic mass is 19.1. The van der Waals surface area contributed by atoms with E-state index in [-0.39, 0.29) is 12.4 Å². The molecule has 2 rings (SSSR count). The van der Waals surface area contributed by atoms with Gasteiger partial charge in [-0.3, -0.25) is 0 Å². The first-order chi connectivity index (χ1) is 8.09. The lowest BCUT2D eigenvalue weighted by molar-refractivity contribution is 0.0166. The minimum Gasteiger partial charge on any atom is -0.388 e. The molecule has 0 spiro atoms. The van der Waals surface area contributed by atoms with E-state index in [2.05, 4.69) is 10.3 Å². The molecule has 0 aliphatic heterocycles. The van der Waals surface area contributed by atoms with Crippen LogP contribution in [0, 0.1) is 11.6 Å². The molecule has 5 heteroatoms. The van der Waals surface area contributed by atoms with Crippen molar-refractivity contribution in [3.05, 3.63) is 23.9 Å². The van der Waals surface area contributed by atoms with Gasteiger partial charge in [-0.2, -0.15) is 0 Å². The molecule has 17 heavy (non-hydrogen) atoms. The van der Waals surface area contributed by atoms with Crippen molar-refractivity contribution in [3.8, 4) is 0 Å². The van der Waals surface area contributed by atoms with Crippen LogP contribution < -0.4 is 5.32 Å². The Morgan fingerprint density at radius 3 is 2.65 bits per heavy atom. The molecule has 1 aliphatic rings. The minimum atomic E-state index is -0.791. The first-order valence-corrected chi connectivity index (χ1v) is 5.86. The van der Waals surface area contributed by atoms with Gasteiger partial charge < -0.3 is 10.4 Å². The van der Waals surface area contributed by atoms with E-state index in [0.29, 0.717) is 12.8 Å². The molecule has 1 aromatic heterocycles. The van der Waals surface area contributed by atoms with Gasteiger partial charge in [0.2, 0.25) is 0 Å². The smallest absolute Gasteiger partial charge is 0.168 e. The summed E-state index contributed by atoms with van der Waals surface area (Å²) >= 11 is 0. The second-order valence-electron chi connectivity index (χ2n) is 4.62. The van der Waals surface area contributed by atoms with Gasteiger partial charge in [0.15, 0.2) is 11.6 Å². The van der Waals surface area contributed by atoms with Crippen LogP contribution in [0.15, 0.2) is 12.3 Å². The Balaban J connectivity index is 1.97. The molecule has 0 bridgehead atoms. The van der Waals surface area contributed by atoms with Gasteiger partial charge in [-0.05, 0) is 12.8 Å². The maximum Gasteiger partial charge on any atom is 0.168 e. The molecular weight excluding hydrogens is 226 g/mol. The van der Waals surface area contributed by atoms with Crippen molar-refractivity contribution < 1.29 is 13.9 Å². The first kappa shape index (κ1) is 12.2. The average Bonchev–Trinajstić information content (AvgIpc) is 2.29. The Morgan fingerprint density at radius 1 is 1.29 bits per heavy atom. The number of aliphatic hydroxyl groups is 1. The monoisotopic (exact) mass is 242 g/mol. The number of hydrogen-bond acceptors (Lipinski definition) is 3. The topological polar surface area (TPSA) is 45.1 Å². The van der Waals surface area contributed by atoms with E-state index in [1.54, 1.807) is 0 Å². The zero-order valence-corrected chi connectivity index (χ0v) is 9.55. The molecule has 0 radical (unpaired) electrons. The summed E-state index contributed by atoms with van der Waals surface area (Å²) in [5.74, 6) is -1.45. The summed E-state index contributed by atoms with van der Waals surface area (Å²) < 4.78 is 25.9. The van der Waals surface area contributed by atoms with E-state index in [1.807, 2.05) is 0 Å². The van der Waals surface area contributed by atoms with Crippen molar-refractivity contribution in [2.75, 3.05) is 11.9 Å². The molecule has 1 saturated carbocycles. The van der Waals surface area contributed by atoms with Gasteiger partial charge in [0.25, 0.3) is 0 Å². The average molecular weight is 242 g/mol. The molecule has 3 nitrogen and oxygen atoms in total. The molecule has 0 atom stereocenters. The number of nitrogens with one attached hydrogen (secondary N) is 1. The lowest BCUT2D eigenvalue weighted by Crippen LogP contribution is -2.39. The highest BCUT2D eigenvalue weighted by Gasteiger charge is 2.29. The van der Waals surface area contributed by atoms with Crippen molar-refractivity contribution >= 4 is 5.82 Å². The summed E-state index contributed by atoms with van der Waals surface area (Å²) in [5, 5.41) is 12.9. The SMILES string of the molecule is OC1(CNc2ncc(F)cc2F)CCCCC1. The van der Waals surface area contributed by atoms with E-state index < -0.39 is 17.2 Å². The number of aromatic nitrogens is 1. The molecule has 0 aromatic carbocycles. The van der Waals surface area contributed by atoms with Crippen LogP contribution in [0.2, 0.25) is 0 Å². The lowest BCUT2D eigenvalue weighted by atomic mass is 9.85. The zero-order valence-electron chi connectivity index (χ0n) is 9.55. The maximum atomic E-state index is 13.3.